The summed E-state index contributed by atoms with van der Waals surface area (Å²) in [5.74, 6) is 0.515. The molecule has 0 aliphatic carbocycles. The topological polar surface area (TPSA) is 70.6 Å². The van der Waals surface area contributed by atoms with E-state index < -0.39 is 0 Å². The number of anilines is 1. The van der Waals surface area contributed by atoms with E-state index in [1.54, 1.807) is 7.11 Å². The minimum atomic E-state index is -0.127. The summed E-state index contributed by atoms with van der Waals surface area (Å²) in [6, 6.07) is 6.15. The lowest BCUT2D eigenvalue weighted by Crippen LogP contribution is -2.31. The number of benzene rings is 1. The summed E-state index contributed by atoms with van der Waals surface area (Å²) in [6.07, 6.45) is 1.69. The number of amides is 1. The van der Waals surface area contributed by atoms with E-state index in [2.05, 4.69) is 24.5 Å². The Morgan fingerprint density at radius 1 is 1.43 bits per heavy atom. The number of rotatable bonds is 8. The van der Waals surface area contributed by atoms with E-state index in [4.69, 9.17) is 9.84 Å². The third-order valence-electron chi connectivity index (χ3n) is 3.49. The van der Waals surface area contributed by atoms with Crippen LogP contribution in [0.5, 0.6) is 5.75 Å². The van der Waals surface area contributed by atoms with Gasteiger partial charge >= 0.3 is 0 Å². The van der Waals surface area contributed by atoms with Gasteiger partial charge in [0, 0.05) is 25.6 Å². The zero-order chi connectivity index (χ0) is 15.8. The molecule has 0 radical (unpaired) electrons. The van der Waals surface area contributed by atoms with Crippen molar-refractivity contribution in [1.82, 2.24) is 5.32 Å². The molecule has 0 aliphatic heterocycles. The predicted molar refractivity (Wildman–Crippen MR) is 84.6 cm³/mol. The maximum absolute atomic E-state index is 11.3. The van der Waals surface area contributed by atoms with Crippen molar-refractivity contribution in [2.75, 3.05) is 19.0 Å². The fourth-order valence-electron chi connectivity index (χ4n) is 2.29. The first-order valence-electron chi connectivity index (χ1n) is 7.34. The molecule has 2 atom stereocenters. The van der Waals surface area contributed by atoms with Crippen LogP contribution < -0.4 is 15.4 Å². The van der Waals surface area contributed by atoms with Gasteiger partial charge in [-0.05, 0) is 37.5 Å². The van der Waals surface area contributed by atoms with Crippen LogP contribution in [-0.2, 0) is 4.79 Å². The van der Waals surface area contributed by atoms with Crippen LogP contribution in [0.3, 0.4) is 0 Å². The van der Waals surface area contributed by atoms with Crippen molar-refractivity contribution in [3.05, 3.63) is 23.8 Å². The molecule has 21 heavy (non-hydrogen) atoms. The molecule has 118 valence electrons. The second kappa shape index (κ2) is 8.64. The van der Waals surface area contributed by atoms with Crippen molar-refractivity contribution in [3.8, 4) is 5.75 Å². The van der Waals surface area contributed by atoms with E-state index in [1.165, 1.54) is 6.92 Å². The van der Waals surface area contributed by atoms with Crippen molar-refractivity contribution in [2.24, 2.45) is 0 Å². The van der Waals surface area contributed by atoms with Crippen molar-refractivity contribution in [1.29, 1.82) is 0 Å². The van der Waals surface area contributed by atoms with Crippen LogP contribution in [0, 0.1) is 0 Å². The normalized spacial score (nSPS) is 13.6. The molecule has 0 aliphatic rings. The molecular formula is C16H26N2O3. The summed E-state index contributed by atoms with van der Waals surface area (Å²) in [6.45, 7) is 5.82. The molecule has 1 aromatic carbocycles. The summed E-state index contributed by atoms with van der Waals surface area (Å²) in [4.78, 5) is 11.3. The second-order valence-electron chi connectivity index (χ2n) is 5.15. The molecule has 5 nitrogen and oxygen atoms in total. The summed E-state index contributed by atoms with van der Waals surface area (Å²) < 4.78 is 5.25. The molecule has 0 saturated heterocycles. The molecular weight excluding hydrogens is 268 g/mol. The van der Waals surface area contributed by atoms with Crippen molar-refractivity contribution in [3.63, 3.8) is 0 Å². The predicted octanol–water partition coefficient (Wildman–Crippen LogP) is 2.47. The number of ether oxygens (including phenoxy) is 1. The van der Waals surface area contributed by atoms with E-state index in [1.807, 2.05) is 18.2 Å². The molecule has 0 fully saturated rings. The first-order chi connectivity index (χ1) is 10.0. The van der Waals surface area contributed by atoms with Gasteiger partial charge in [-0.25, -0.2) is 0 Å². The van der Waals surface area contributed by atoms with Crippen molar-refractivity contribution >= 4 is 11.6 Å². The number of carbonyl (C=O) groups is 1. The Hall–Kier alpha value is -1.59. The van der Waals surface area contributed by atoms with Gasteiger partial charge in [-0.15, -0.1) is 0 Å². The van der Waals surface area contributed by atoms with E-state index in [0.29, 0.717) is 11.4 Å². The molecule has 5 heteroatoms. The maximum Gasteiger partial charge on any atom is 0.221 e. The largest absolute Gasteiger partial charge is 0.495 e. The first-order valence-corrected chi connectivity index (χ1v) is 7.34. The Bertz CT molecular complexity index is 463. The van der Waals surface area contributed by atoms with Gasteiger partial charge < -0.3 is 20.5 Å². The molecule has 0 aromatic heterocycles. The highest BCUT2D eigenvalue weighted by Crippen LogP contribution is 2.28. The first kappa shape index (κ1) is 17.5. The third-order valence-corrected chi connectivity index (χ3v) is 3.49. The van der Waals surface area contributed by atoms with Crippen LogP contribution in [0.4, 0.5) is 5.69 Å². The standard InChI is InChI=1S/C16H26N2O3/c1-5-14(8-9-19)17-11(2)13-6-7-16(21-4)15(10-13)18-12(3)20/h6-7,10-11,14,17,19H,5,8-9H2,1-4H3,(H,18,20). The molecule has 0 bridgehead atoms. The Balaban J connectivity index is 2.88. The number of hydrogen-bond donors (Lipinski definition) is 3. The van der Waals surface area contributed by atoms with E-state index in [0.717, 1.165) is 18.4 Å². The number of carbonyl (C=O) groups excluding carboxylic acids is 1. The van der Waals surface area contributed by atoms with Gasteiger partial charge in [0.2, 0.25) is 5.91 Å². The quantitative estimate of drug-likeness (QED) is 0.689. The van der Waals surface area contributed by atoms with Gasteiger partial charge in [-0.3, -0.25) is 4.79 Å². The highest BCUT2D eigenvalue weighted by Gasteiger charge is 2.14. The van der Waals surface area contributed by atoms with Gasteiger partial charge in [-0.2, -0.15) is 0 Å². The second-order valence-corrected chi connectivity index (χ2v) is 5.15. The monoisotopic (exact) mass is 294 g/mol. The van der Waals surface area contributed by atoms with E-state index >= 15 is 0 Å². The lowest BCUT2D eigenvalue weighted by atomic mass is 10.0. The molecule has 1 rings (SSSR count). The SMILES string of the molecule is CCC(CCO)NC(C)c1ccc(OC)c(NC(C)=O)c1. The van der Waals surface area contributed by atoms with Gasteiger partial charge in [0.25, 0.3) is 0 Å². The van der Waals surface area contributed by atoms with Crippen LogP contribution >= 0.6 is 0 Å². The minimum absolute atomic E-state index is 0.125. The number of aliphatic hydroxyl groups excluding tert-OH is 1. The Kier molecular flexibility index (Phi) is 7.19. The minimum Gasteiger partial charge on any atom is -0.495 e. The summed E-state index contributed by atoms with van der Waals surface area (Å²) in [5, 5.41) is 15.3. The third kappa shape index (κ3) is 5.36. The maximum atomic E-state index is 11.3. The molecule has 2 unspecified atom stereocenters. The van der Waals surface area contributed by atoms with Gasteiger partial charge in [0.1, 0.15) is 5.75 Å². The van der Waals surface area contributed by atoms with E-state index in [-0.39, 0.29) is 24.6 Å². The number of aliphatic hydroxyl groups is 1. The summed E-state index contributed by atoms with van der Waals surface area (Å²) in [5.41, 5.74) is 1.74. The fourth-order valence-corrected chi connectivity index (χ4v) is 2.29. The zero-order valence-electron chi connectivity index (χ0n) is 13.3. The molecule has 1 amide bonds. The number of nitrogens with one attached hydrogen (secondary N) is 2. The summed E-state index contributed by atoms with van der Waals surface area (Å²) >= 11 is 0. The van der Waals surface area contributed by atoms with Gasteiger partial charge in [-0.1, -0.05) is 13.0 Å². The Morgan fingerprint density at radius 3 is 2.67 bits per heavy atom. The molecule has 3 N–H and O–H groups in total. The van der Waals surface area contributed by atoms with Crippen LogP contribution in [-0.4, -0.2) is 30.8 Å². The van der Waals surface area contributed by atoms with Crippen LogP contribution in [0.25, 0.3) is 0 Å². The zero-order valence-corrected chi connectivity index (χ0v) is 13.3. The summed E-state index contributed by atoms with van der Waals surface area (Å²) in [7, 11) is 1.58. The van der Waals surface area contributed by atoms with Crippen LogP contribution in [0.1, 0.15) is 45.2 Å². The Labute approximate surface area is 126 Å². The highest BCUT2D eigenvalue weighted by molar-refractivity contribution is 5.90. The Morgan fingerprint density at radius 2 is 2.14 bits per heavy atom. The number of methoxy groups -OCH3 is 1. The molecule has 0 heterocycles. The average molecular weight is 294 g/mol. The molecule has 0 spiro atoms. The number of hydrogen-bond acceptors (Lipinski definition) is 4. The highest BCUT2D eigenvalue weighted by atomic mass is 16.5. The van der Waals surface area contributed by atoms with Gasteiger partial charge in [0.05, 0.1) is 12.8 Å². The van der Waals surface area contributed by atoms with Crippen molar-refractivity contribution in [2.45, 2.75) is 45.7 Å². The smallest absolute Gasteiger partial charge is 0.221 e. The lowest BCUT2D eigenvalue weighted by Gasteiger charge is -2.23. The van der Waals surface area contributed by atoms with Crippen LogP contribution in [0.2, 0.25) is 0 Å². The lowest BCUT2D eigenvalue weighted by molar-refractivity contribution is -0.114. The van der Waals surface area contributed by atoms with E-state index in [9.17, 15) is 4.79 Å². The average Bonchev–Trinajstić information content (AvgIpc) is 2.45. The molecule has 1 aromatic rings. The van der Waals surface area contributed by atoms with Gasteiger partial charge in [0.15, 0.2) is 0 Å². The van der Waals surface area contributed by atoms with Crippen molar-refractivity contribution < 1.29 is 14.6 Å². The molecule has 0 saturated carbocycles. The van der Waals surface area contributed by atoms with Crippen LogP contribution in [0.15, 0.2) is 18.2 Å². The fraction of sp³-hybridized carbons (Fsp3) is 0.562.